The van der Waals surface area contributed by atoms with Crippen LogP contribution in [-0.2, 0) is 11.3 Å². The first kappa shape index (κ1) is 19.6. The van der Waals surface area contributed by atoms with Crippen molar-refractivity contribution in [2.24, 2.45) is 5.73 Å². The van der Waals surface area contributed by atoms with Crippen LogP contribution in [0.5, 0.6) is 0 Å². The van der Waals surface area contributed by atoms with Crippen LogP contribution in [0, 0.1) is 6.92 Å². The van der Waals surface area contributed by atoms with E-state index in [0.717, 1.165) is 33.8 Å². The Bertz CT molecular complexity index is 809. The fourth-order valence-electron chi connectivity index (χ4n) is 4.16. The van der Waals surface area contributed by atoms with E-state index in [4.69, 9.17) is 10.5 Å². The van der Waals surface area contributed by atoms with Gasteiger partial charge in [0, 0.05) is 24.0 Å². The quantitative estimate of drug-likeness (QED) is 0.791. The van der Waals surface area contributed by atoms with Crippen LogP contribution in [0.15, 0.2) is 30.3 Å². The molecule has 2 aliphatic rings. The fourth-order valence-corrected chi connectivity index (χ4v) is 5.31. The van der Waals surface area contributed by atoms with Crippen molar-refractivity contribution in [3.63, 3.8) is 0 Å². The van der Waals surface area contributed by atoms with Gasteiger partial charge in [-0.3, -0.25) is 4.79 Å². The number of hydrogen-bond acceptors (Lipinski definition) is 4. The Morgan fingerprint density at radius 2 is 1.93 bits per heavy atom. The van der Waals surface area contributed by atoms with Crippen LogP contribution in [-0.4, -0.2) is 36.0 Å². The van der Waals surface area contributed by atoms with Crippen LogP contribution < -0.4 is 5.73 Å². The molecule has 1 saturated carbocycles. The number of rotatable bonds is 5. The predicted molar refractivity (Wildman–Crippen MR) is 115 cm³/mol. The second-order valence-corrected chi connectivity index (χ2v) is 9.24. The fraction of sp³-hybridized carbons (Fsp3) is 0.522. The topological polar surface area (TPSA) is 55.6 Å². The van der Waals surface area contributed by atoms with Crippen molar-refractivity contribution >= 4 is 17.2 Å². The summed E-state index contributed by atoms with van der Waals surface area (Å²) in [4.78, 5) is 16.7. The Kier molecular flexibility index (Phi) is 6.14. The highest BCUT2D eigenvalue weighted by molar-refractivity contribution is 7.17. The molecule has 4 rings (SSSR count). The highest BCUT2D eigenvalue weighted by Crippen LogP contribution is 2.33. The van der Waals surface area contributed by atoms with E-state index in [1.54, 1.807) is 11.3 Å². The molecule has 2 heterocycles. The maximum absolute atomic E-state index is 12.8. The molecule has 1 amide bonds. The lowest BCUT2D eigenvalue weighted by atomic mass is 9.98. The van der Waals surface area contributed by atoms with E-state index in [2.05, 4.69) is 30.3 Å². The molecule has 0 bridgehead atoms. The average molecular weight is 399 g/mol. The Morgan fingerprint density at radius 1 is 1.18 bits per heavy atom. The maximum atomic E-state index is 12.8. The van der Waals surface area contributed by atoms with Gasteiger partial charge in [0.25, 0.3) is 5.91 Å². The van der Waals surface area contributed by atoms with Crippen LogP contribution >= 0.6 is 11.3 Å². The molecule has 0 spiro atoms. The van der Waals surface area contributed by atoms with E-state index in [1.165, 1.54) is 37.7 Å². The van der Waals surface area contributed by atoms with E-state index in [9.17, 15) is 4.79 Å². The molecular formula is C23H30N2O2S. The number of aryl methyl sites for hydroxylation is 1. The molecule has 0 radical (unpaired) electrons. The zero-order valence-corrected chi connectivity index (χ0v) is 17.5. The lowest BCUT2D eigenvalue weighted by Gasteiger charge is -2.22. The molecule has 1 aromatic carbocycles. The summed E-state index contributed by atoms with van der Waals surface area (Å²) in [6, 6.07) is 10.8. The van der Waals surface area contributed by atoms with E-state index in [0.29, 0.717) is 19.3 Å². The van der Waals surface area contributed by atoms with Gasteiger partial charge < -0.3 is 15.4 Å². The van der Waals surface area contributed by atoms with Gasteiger partial charge in [-0.25, -0.2) is 0 Å². The summed E-state index contributed by atoms with van der Waals surface area (Å²) in [6.07, 6.45) is 7.67. The van der Waals surface area contributed by atoms with Crippen molar-refractivity contribution in [1.29, 1.82) is 0 Å². The van der Waals surface area contributed by atoms with Crippen molar-refractivity contribution in [3.05, 3.63) is 46.3 Å². The van der Waals surface area contributed by atoms with Crippen molar-refractivity contribution in [2.45, 2.75) is 64.2 Å². The third kappa shape index (κ3) is 4.48. The van der Waals surface area contributed by atoms with Crippen molar-refractivity contribution in [1.82, 2.24) is 4.90 Å². The lowest BCUT2D eigenvalue weighted by molar-refractivity contribution is 0.0169. The SMILES string of the molecule is Cc1cc(-c2ccc(COC3CCCCC3)cc2)sc1C(=O)N1CC[C@H](N)C1. The lowest BCUT2D eigenvalue weighted by Crippen LogP contribution is -2.31. The standard InChI is InChI=1S/C23H30N2O2S/c1-16-13-21(28-22(16)23(26)25-12-11-19(24)14-25)18-9-7-17(8-10-18)15-27-20-5-3-2-4-6-20/h7-10,13,19-20H,2-6,11-12,14-15,24H2,1H3/t19-/m0/s1. The van der Waals surface area contributed by atoms with Gasteiger partial charge in [0.2, 0.25) is 0 Å². The van der Waals surface area contributed by atoms with Crippen LogP contribution in [0.1, 0.15) is 59.3 Å². The van der Waals surface area contributed by atoms with Gasteiger partial charge in [-0.1, -0.05) is 43.5 Å². The Balaban J connectivity index is 1.40. The van der Waals surface area contributed by atoms with Gasteiger partial charge in [0.05, 0.1) is 17.6 Å². The van der Waals surface area contributed by atoms with Gasteiger partial charge >= 0.3 is 0 Å². The van der Waals surface area contributed by atoms with Crippen LogP contribution in [0.3, 0.4) is 0 Å². The Morgan fingerprint density at radius 3 is 2.61 bits per heavy atom. The van der Waals surface area contributed by atoms with Gasteiger partial charge in [0.1, 0.15) is 0 Å². The van der Waals surface area contributed by atoms with Crippen LogP contribution in [0.25, 0.3) is 10.4 Å². The third-order valence-corrected chi connectivity index (χ3v) is 7.17. The minimum atomic E-state index is 0.118. The molecule has 2 fully saturated rings. The Hall–Kier alpha value is -1.69. The molecule has 1 aliphatic heterocycles. The summed E-state index contributed by atoms with van der Waals surface area (Å²) in [7, 11) is 0. The first-order valence-corrected chi connectivity index (χ1v) is 11.3. The minimum Gasteiger partial charge on any atom is -0.374 e. The number of carbonyl (C=O) groups excluding carboxylic acids is 1. The number of ether oxygens (including phenoxy) is 1. The normalized spacial score (nSPS) is 20.6. The average Bonchev–Trinajstić information content (AvgIpc) is 3.33. The van der Waals surface area contributed by atoms with Crippen LogP contribution in [0.4, 0.5) is 0 Å². The molecule has 2 aromatic rings. The number of likely N-dealkylation sites (tertiary alicyclic amines) is 1. The Labute approximate surface area is 171 Å². The van der Waals surface area contributed by atoms with Crippen molar-refractivity contribution in [3.8, 4) is 10.4 Å². The second-order valence-electron chi connectivity index (χ2n) is 8.19. The number of nitrogens with zero attached hydrogens (tertiary/aromatic N) is 1. The molecule has 4 nitrogen and oxygen atoms in total. The predicted octanol–water partition coefficient (Wildman–Crippen LogP) is 4.75. The zero-order chi connectivity index (χ0) is 19.5. The van der Waals surface area contributed by atoms with Gasteiger partial charge in [-0.05, 0) is 48.9 Å². The second kappa shape index (κ2) is 8.76. The molecule has 5 heteroatoms. The monoisotopic (exact) mass is 398 g/mol. The molecule has 1 atom stereocenters. The summed E-state index contributed by atoms with van der Waals surface area (Å²) in [5.41, 5.74) is 9.38. The number of hydrogen-bond donors (Lipinski definition) is 1. The first-order valence-electron chi connectivity index (χ1n) is 10.5. The third-order valence-electron chi connectivity index (χ3n) is 5.90. The van der Waals surface area contributed by atoms with Crippen LogP contribution in [0.2, 0.25) is 0 Å². The molecule has 1 aromatic heterocycles. The molecule has 28 heavy (non-hydrogen) atoms. The summed E-state index contributed by atoms with van der Waals surface area (Å²) in [5, 5.41) is 0. The van der Waals surface area contributed by atoms with Crippen molar-refractivity contribution < 1.29 is 9.53 Å². The summed E-state index contributed by atoms with van der Waals surface area (Å²) in [6.45, 7) is 4.15. The number of thiophene rings is 1. The van der Waals surface area contributed by atoms with E-state index in [1.807, 2.05) is 11.8 Å². The number of nitrogens with two attached hydrogens (primary N) is 1. The minimum absolute atomic E-state index is 0.118. The summed E-state index contributed by atoms with van der Waals surface area (Å²) in [5.74, 6) is 0.124. The van der Waals surface area contributed by atoms with E-state index >= 15 is 0 Å². The first-order chi connectivity index (χ1) is 13.6. The highest BCUT2D eigenvalue weighted by atomic mass is 32.1. The largest absolute Gasteiger partial charge is 0.374 e. The molecule has 2 N–H and O–H groups in total. The van der Waals surface area contributed by atoms with E-state index in [-0.39, 0.29) is 11.9 Å². The summed E-state index contributed by atoms with van der Waals surface area (Å²) >= 11 is 1.59. The maximum Gasteiger partial charge on any atom is 0.264 e. The molecular weight excluding hydrogens is 368 g/mol. The summed E-state index contributed by atoms with van der Waals surface area (Å²) < 4.78 is 6.08. The number of amides is 1. The zero-order valence-electron chi connectivity index (χ0n) is 16.7. The van der Waals surface area contributed by atoms with Gasteiger partial charge in [-0.15, -0.1) is 11.3 Å². The number of benzene rings is 1. The number of carbonyl (C=O) groups is 1. The smallest absolute Gasteiger partial charge is 0.264 e. The van der Waals surface area contributed by atoms with Gasteiger partial charge in [0.15, 0.2) is 0 Å². The molecule has 0 unspecified atom stereocenters. The molecule has 150 valence electrons. The van der Waals surface area contributed by atoms with Crippen molar-refractivity contribution in [2.75, 3.05) is 13.1 Å². The molecule has 1 saturated heterocycles. The van der Waals surface area contributed by atoms with Gasteiger partial charge in [-0.2, -0.15) is 0 Å². The van der Waals surface area contributed by atoms with E-state index < -0.39 is 0 Å². The highest BCUT2D eigenvalue weighted by Gasteiger charge is 2.27. The molecule has 1 aliphatic carbocycles.